The summed E-state index contributed by atoms with van der Waals surface area (Å²) in [6, 6.07) is 7.32. The van der Waals surface area contributed by atoms with E-state index < -0.39 is 11.8 Å². The van der Waals surface area contributed by atoms with Gasteiger partial charge in [0.2, 0.25) is 0 Å². The van der Waals surface area contributed by atoms with E-state index in [1.807, 2.05) is 24.3 Å². The summed E-state index contributed by atoms with van der Waals surface area (Å²) in [6.45, 7) is 4.94. The second-order valence-corrected chi connectivity index (χ2v) is 4.33. The fourth-order valence-electron chi connectivity index (χ4n) is 1.44. The molecule has 0 aliphatic rings. The zero-order valence-electron chi connectivity index (χ0n) is 12.4. The van der Waals surface area contributed by atoms with E-state index >= 15 is 0 Å². The van der Waals surface area contributed by atoms with Crippen LogP contribution in [0.25, 0.3) is 0 Å². The van der Waals surface area contributed by atoms with E-state index in [2.05, 4.69) is 22.8 Å². The van der Waals surface area contributed by atoms with Crippen LogP contribution in [-0.4, -0.2) is 31.2 Å². The number of hydrogen-bond acceptors (Lipinski definition) is 4. The van der Waals surface area contributed by atoms with Gasteiger partial charge in [0.25, 0.3) is 0 Å². The van der Waals surface area contributed by atoms with Crippen molar-refractivity contribution in [3.63, 3.8) is 0 Å². The fourth-order valence-corrected chi connectivity index (χ4v) is 1.44. The molecular weight excluding hydrogens is 270 g/mol. The maximum Gasteiger partial charge on any atom is 0.329 e. The second-order valence-electron chi connectivity index (χ2n) is 4.33. The molecule has 0 spiro atoms. The van der Waals surface area contributed by atoms with E-state index in [9.17, 15) is 9.59 Å². The van der Waals surface area contributed by atoms with Crippen molar-refractivity contribution >= 4 is 18.0 Å². The molecule has 0 saturated carbocycles. The van der Waals surface area contributed by atoms with Crippen molar-refractivity contribution < 1.29 is 14.3 Å². The number of likely N-dealkylation sites (N-methyl/N-ethyl adjacent to an activating group) is 1. The first-order valence-corrected chi connectivity index (χ1v) is 7.01. The molecule has 1 rings (SSSR count). The molecule has 2 N–H and O–H groups in total. The molecule has 0 fully saturated rings. The molecule has 1 aromatic carbocycles. The van der Waals surface area contributed by atoms with Gasteiger partial charge in [-0.1, -0.05) is 13.3 Å². The van der Waals surface area contributed by atoms with E-state index in [-0.39, 0.29) is 0 Å². The molecule has 6 nitrogen and oxygen atoms in total. The smallest absolute Gasteiger partial charge is 0.329 e. The minimum atomic E-state index is -0.785. The van der Waals surface area contributed by atoms with E-state index in [0.29, 0.717) is 13.2 Å². The van der Waals surface area contributed by atoms with Gasteiger partial charge in [0.15, 0.2) is 0 Å². The monoisotopic (exact) mass is 291 g/mol. The van der Waals surface area contributed by atoms with Crippen molar-refractivity contribution in [1.82, 2.24) is 10.7 Å². The number of hydrazone groups is 1. The Bertz CT molecular complexity index is 483. The number of benzene rings is 1. The van der Waals surface area contributed by atoms with Crippen LogP contribution < -0.4 is 15.5 Å². The van der Waals surface area contributed by atoms with Gasteiger partial charge in [-0.3, -0.25) is 9.59 Å². The number of unbranched alkanes of at least 4 members (excludes halogenated alkanes) is 1. The van der Waals surface area contributed by atoms with Crippen LogP contribution in [0.2, 0.25) is 0 Å². The van der Waals surface area contributed by atoms with Gasteiger partial charge >= 0.3 is 11.8 Å². The van der Waals surface area contributed by atoms with Crippen molar-refractivity contribution in [2.24, 2.45) is 5.10 Å². The number of carbonyl (C=O) groups is 2. The lowest BCUT2D eigenvalue weighted by Crippen LogP contribution is -2.37. The molecule has 6 heteroatoms. The molecule has 2 amide bonds. The number of ether oxygens (including phenoxy) is 1. The molecule has 0 aromatic heterocycles. The number of hydrogen-bond donors (Lipinski definition) is 2. The van der Waals surface area contributed by atoms with Crippen LogP contribution in [-0.2, 0) is 9.59 Å². The zero-order valence-corrected chi connectivity index (χ0v) is 12.4. The predicted molar refractivity (Wildman–Crippen MR) is 81.3 cm³/mol. The zero-order chi connectivity index (χ0) is 15.5. The van der Waals surface area contributed by atoms with Gasteiger partial charge < -0.3 is 10.1 Å². The Kier molecular flexibility index (Phi) is 7.56. The summed E-state index contributed by atoms with van der Waals surface area (Å²) >= 11 is 0. The topological polar surface area (TPSA) is 79.8 Å². The van der Waals surface area contributed by atoms with Gasteiger partial charge in [-0.05, 0) is 43.2 Å². The Morgan fingerprint density at radius 2 is 1.90 bits per heavy atom. The Morgan fingerprint density at radius 1 is 1.19 bits per heavy atom. The fraction of sp³-hybridized carbons (Fsp3) is 0.400. The highest BCUT2D eigenvalue weighted by molar-refractivity contribution is 6.35. The van der Waals surface area contributed by atoms with Gasteiger partial charge in [-0.15, -0.1) is 0 Å². The maximum absolute atomic E-state index is 11.3. The number of rotatable bonds is 7. The van der Waals surface area contributed by atoms with Crippen LogP contribution in [0.5, 0.6) is 5.75 Å². The Balaban J connectivity index is 2.42. The van der Waals surface area contributed by atoms with Crippen LogP contribution in [0.1, 0.15) is 32.3 Å². The minimum absolute atomic E-state index is 0.398. The predicted octanol–water partition coefficient (Wildman–Crippen LogP) is 1.45. The normalized spacial score (nSPS) is 10.4. The quantitative estimate of drug-likeness (QED) is 0.345. The van der Waals surface area contributed by atoms with Crippen molar-refractivity contribution in [2.45, 2.75) is 26.7 Å². The highest BCUT2D eigenvalue weighted by Crippen LogP contribution is 2.11. The molecular formula is C15H21N3O3. The first kappa shape index (κ1) is 16.7. The first-order valence-electron chi connectivity index (χ1n) is 7.01. The minimum Gasteiger partial charge on any atom is -0.494 e. The number of amides is 2. The van der Waals surface area contributed by atoms with Crippen LogP contribution in [0.4, 0.5) is 0 Å². The molecule has 0 bridgehead atoms. The summed E-state index contributed by atoms with van der Waals surface area (Å²) in [7, 11) is 0. The summed E-state index contributed by atoms with van der Waals surface area (Å²) in [4.78, 5) is 22.4. The van der Waals surface area contributed by atoms with Crippen LogP contribution in [0.3, 0.4) is 0 Å². The third-order valence-electron chi connectivity index (χ3n) is 2.57. The Labute approximate surface area is 124 Å². The lowest BCUT2D eigenvalue weighted by molar-refractivity contribution is -0.139. The molecule has 0 aliphatic heterocycles. The van der Waals surface area contributed by atoms with Gasteiger partial charge in [-0.25, -0.2) is 5.43 Å². The average Bonchev–Trinajstić information content (AvgIpc) is 2.49. The first-order chi connectivity index (χ1) is 10.2. The van der Waals surface area contributed by atoms with Crippen LogP contribution in [0, 0.1) is 0 Å². The van der Waals surface area contributed by atoms with E-state index in [4.69, 9.17) is 4.74 Å². The summed E-state index contributed by atoms with van der Waals surface area (Å²) in [6.07, 6.45) is 3.58. The molecule has 1 aromatic rings. The van der Waals surface area contributed by atoms with E-state index in [0.717, 1.165) is 24.2 Å². The second kappa shape index (κ2) is 9.52. The number of nitrogens with zero attached hydrogens (tertiary/aromatic N) is 1. The molecule has 21 heavy (non-hydrogen) atoms. The Morgan fingerprint density at radius 3 is 2.52 bits per heavy atom. The van der Waals surface area contributed by atoms with Gasteiger partial charge in [-0.2, -0.15) is 5.10 Å². The summed E-state index contributed by atoms with van der Waals surface area (Å²) < 4.78 is 5.54. The molecule has 0 aliphatic carbocycles. The molecule has 0 saturated heterocycles. The summed E-state index contributed by atoms with van der Waals surface area (Å²) in [5, 5.41) is 6.11. The van der Waals surface area contributed by atoms with E-state index in [1.54, 1.807) is 6.92 Å². The third-order valence-corrected chi connectivity index (χ3v) is 2.57. The van der Waals surface area contributed by atoms with Crippen LogP contribution >= 0.6 is 0 Å². The lowest BCUT2D eigenvalue weighted by Gasteiger charge is -2.04. The largest absolute Gasteiger partial charge is 0.494 e. The SMILES string of the molecule is CCCCOc1ccc(/C=N/NC(=O)C(=O)NCC)cc1. The molecule has 0 unspecified atom stereocenters. The van der Waals surface area contributed by atoms with Gasteiger partial charge in [0.1, 0.15) is 5.75 Å². The number of nitrogens with one attached hydrogen (secondary N) is 2. The number of carbonyl (C=O) groups excluding carboxylic acids is 2. The standard InChI is InChI=1S/C15H21N3O3/c1-3-5-10-21-13-8-6-12(7-9-13)11-17-18-15(20)14(19)16-4-2/h6-9,11H,3-5,10H2,1-2H3,(H,16,19)(H,18,20)/b17-11+. The Hall–Kier alpha value is -2.37. The van der Waals surface area contributed by atoms with Gasteiger partial charge in [0.05, 0.1) is 12.8 Å². The maximum atomic E-state index is 11.3. The average molecular weight is 291 g/mol. The van der Waals surface area contributed by atoms with Crippen molar-refractivity contribution in [3.05, 3.63) is 29.8 Å². The highest BCUT2D eigenvalue weighted by Gasteiger charge is 2.09. The van der Waals surface area contributed by atoms with Crippen molar-refractivity contribution in [2.75, 3.05) is 13.2 Å². The molecule has 0 atom stereocenters. The third kappa shape index (κ3) is 6.56. The molecule has 114 valence electrons. The molecule has 0 heterocycles. The van der Waals surface area contributed by atoms with Crippen LogP contribution in [0.15, 0.2) is 29.4 Å². The van der Waals surface area contributed by atoms with E-state index in [1.165, 1.54) is 6.21 Å². The molecule has 0 radical (unpaired) electrons. The summed E-state index contributed by atoms with van der Waals surface area (Å²) in [5.74, 6) is -0.686. The van der Waals surface area contributed by atoms with Gasteiger partial charge in [0, 0.05) is 6.54 Å². The van der Waals surface area contributed by atoms with Crippen molar-refractivity contribution in [3.8, 4) is 5.75 Å². The van der Waals surface area contributed by atoms with Crippen molar-refractivity contribution in [1.29, 1.82) is 0 Å². The lowest BCUT2D eigenvalue weighted by atomic mass is 10.2. The highest BCUT2D eigenvalue weighted by atomic mass is 16.5. The summed E-state index contributed by atoms with van der Waals surface area (Å²) in [5.41, 5.74) is 2.96.